The molecule has 106 valence electrons. The van der Waals surface area contributed by atoms with E-state index in [1.807, 2.05) is 6.92 Å². The smallest absolute Gasteiger partial charge is 0.220 e. The lowest BCUT2D eigenvalue weighted by atomic mass is 9.71. The largest absolute Gasteiger partial charge is 0.396 e. The maximum atomic E-state index is 12.0. The van der Waals surface area contributed by atoms with Crippen LogP contribution < -0.4 is 11.1 Å². The summed E-state index contributed by atoms with van der Waals surface area (Å²) in [5.74, 6) is 0.118. The summed E-state index contributed by atoms with van der Waals surface area (Å²) < 4.78 is 0. The highest BCUT2D eigenvalue weighted by atomic mass is 16.2. The Kier molecular flexibility index (Phi) is 6.65. The van der Waals surface area contributed by atoms with Crippen LogP contribution in [0.2, 0.25) is 0 Å². The van der Waals surface area contributed by atoms with Crippen LogP contribution in [0.1, 0.15) is 58.3 Å². The van der Waals surface area contributed by atoms with E-state index in [2.05, 4.69) is 5.32 Å². The first kappa shape index (κ1) is 15.4. The van der Waals surface area contributed by atoms with Gasteiger partial charge in [-0.05, 0) is 44.6 Å². The number of aliphatic hydroxyl groups excluding tert-OH is 1. The molecule has 4 nitrogen and oxygen atoms in total. The van der Waals surface area contributed by atoms with Gasteiger partial charge in [-0.15, -0.1) is 0 Å². The molecule has 0 aromatic carbocycles. The molecule has 0 bridgehead atoms. The SMILES string of the molecule is CC(CCCO)NC(=O)CC1(CN)CCCCC1. The van der Waals surface area contributed by atoms with Gasteiger partial charge in [0.15, 0.2) is 0 Å². The molecule has 4 heteroatoms. The van der Waals surface area contributed by atoms with E-state index in [1.165, 1.54) is 19.3 Å². The average molecular weight is 256 g/mol. The van der Waals surface area contributed by atoms with Crippen LogP contribution in [0.4, 0.5) is 0 Å². The highest BCUT2D eigenvalue weighted by Crippen LogP contribution is 2.38. The highest BCUT2D eigenvalue weighted by molar-refractivity contribution is 5.77. The molecular formula is C14H28N2O2. The fraction of sp³-hybridized carbons (Fsp3) is 0.929. The Labute approximate surface area is 110 Å². The predicted octanol–water partition coefficient (Wildman–Crippen LogP) is 1.56. The minimum absolute atomic E-state index is 0.0407. The number of rotatable bonds is 7. The molecule has 1 aliphatic rings. The molecular weight excluding hydrogens is 228 g/mol. The number of nitrogens with two attached hydrogens (primary N) is 1. The van der Waals surface area contributed by atoms with Gasteiger partial charge in [-0.25, -0.2) is 0 Å². The lowest BCUT2D eigenvalue weighted by Crippen LogP contribution is -2.41. The average Bonchev–Trinajstić information content (AvgIpc) is 2.37. The molecule has 0 radical (unpaired) electrons. The Morgan fingerprint density at radius 3 is 2.61 bits per heavy atom. The summed E-state index contributed by atoms with van der Waals surface area (Å²) >= 11 is 0. The summed E-state index contributed by atoms with van der Waals surface area (Å²) in [5.41, 5.74) is 5.93. The molecule has 0 aromatic heterocycles. The molecule has 0 spiro atoms. The van der Waals surface area contributed by atoms with Crippen LogP contribution in [0.3, 0.4) is 0 Å². The second-order valence-electron chi connectivity index (χ2n) is 5.78. The standard InChI is InChI=1S/C14H28N2O2/c1-12(6-5-9-17)16-13(18)10-14(11-15)7-3-2-4-8-14/h12,17H,2-11,15H2,1H3,(H,16,18). The van der Waals surface area contributed by atoms with E-state index in [0.29, 0.717) is 13.0 Å². The predicted molar refractivity (Wildman–Crippen MR) is 73.1 cm³/mol. The van der Waals surface area contributed by atoms with Crippen molar-refractivity contribution in [1.82, 2.24) is 5.32 Å². The first-order valence-corrected chi connectivity index (χ1v) is 7.22. The molecule has 18 heavy (non-hydrogen) atoms. The maximum Gasteiger partial charge on any atom is 0.220 e. The van der Waals surface area contributed by atoms with Gasteiger partial charge in [0, 0.05) is 19.1 Å². The zero-order valence-corrected chi connectivity index (χ0v) is 11.6. The van der Waals surface area contributed by atoms with E-state index in [1.54, 1.807) is 0 Å². The van der Waals surface area contributed by atoms with Crippen LogP contribution in [0.25, 0.3) is 0 Å². The molecule has 0 heterocycles. The molecule has 1 rings (SSSR count). The molecule has 1 fully saturated rings. The summed E-state index contributed by atoms with van der Waals surface area (Å²) in [6.07, 6.45) is 7.98. The molecule has 1 aliphatic carbocycles. The second-order valence-corrected chi connectivity index (χ2v) is 5.78. The van der Waals surface area contributed by atoms with Crippen molar-refractivity contribution in [3.05, 3.63) is 0 Å². The van der Waals surface area contributed by atoms with Crippen LogP contribution in [0, 0.1) is 5.41 Å². The monoisotopic (exact) mass is 256 g/mol. The van der Waals surface area contributed by atoms with Gasteiger partial charge in [0.1, 0.15) is 0 Å². The Morgan fingerprint density at radius 1 is 1.39 bits per heavy atom. The normalized spacial score (nSPS) is 20.4. The molecule has 4 N–H and O–H groups in total. The van der Waals surface area contributed by atoms with E-state index in [-0.39, 0.29) is 24.0 Å². The number of hydrogen-bond acceptors (Lipinski definition) is 3. The van der Waals surface area contributed by atoms with Gasteiger partial charge in [-0.3, -0.25) is 4.79 Å². The van der Waals surface area contributed by atoms with Gasteiger partial charge in [0.25, 0.3) is 0 Å². The fourth-order valence-electron chi connectivity index (χ4n) is 2.89. The van der Waals surface area contributed by atoms with Crippen molar-refractivity contribution in [2.75, 3.05) is 13.2 Å². The van der Waals surface area contributed by atoms with Gasteiger partial charge < -0.3 is 16.2 Å². The van der Waals surface area contributed by atoms with Crippen LogP contribution >= 0.6 is 0 Å². The van der Waals surface area contributed by atoms with Crippen LogP contribution in [-0.2, 0) is 4.79 Å². The van der Waals surface area contributed by atoms with Gasteiger partial charge in [-0.2, -0.15) is 0 Å². The van der Waals surface area contributed by atoms with E-state index < -0.39 is 0 Å². The first-order chi connectivity index (χ1) is 8.62. The van der Waals surface area contributed by atoms with Gasteiger partial charge in [-0.1, -0.05) is 19.3 Å². The van der Waals surface area contributed by atoms with Crippen molar-refractivity contribution in [2.24, 2.45) is 11.1 Å². The summed E-state index contributed by atoms with van der Waals surface area (Å²) in [4.78, 5) is 12.0. The van der Waals surface area contributed by atoms with Crippen molar-refractivity contribution in [1.29, 1.82) is 0 Å². The van der Waals surface area contributed by atoms with E-state index >= 15 is 0 Å². The molecule has 1 atom stereocenters. The minimum Gasteiger partial charge on any atom is -0.396 e. The molecule has 1 unspecified atom stereocenters. The Morgan fingerprint density at radius 2 is 2.06 bits per heavy atom. The lowest BCUT2D eigenvalue weighted by Gasteiger charge is -2.36. The first-order valence-electron chi connectivity index (χ1n) is 7.22. The summed E-state index contributed by atoms with van der Waals surface area (Å²) in [6, 6.07) is 0.142. The Balaban J connectivity index is 2.37. The Bertz CT molecular complexity index is 250. The zero-order chi connectivity index (χ0) is 13.4. The third-order valence-electron chi connectivity index (χ3n) is 4.09. The van der Waals surface area contributed by atoms with E-state index in [0.717, 1.165) is 25.7 Å². The van der Waals surface area contributed by atoms with E-state index in [9.17, 15) is 4.79 Å². The summed E-state index contributed by atoms with van der Waals surface area (Å²) in [7, 11) is 0. The molecule has 1 amide bonds. The molecule has 0 aliphatic heterocycles. The number of aliphatic hydroxyl groups is 1. The molecule has 1 saturated carbocycles. The number of amides is 1. The number of carbonyl (C=O) groups excluding carboxylic acids is 1. The quantitative estimate of drug-likeness (QED) is 0.647. The zero-order valence-electron chi connectivity index (χ0n) is 11.6. The van der Waals surface area contributed by atoms with Crippen LogP contribution in [-0.4, -0.2) is 30.2 Å². The maximum absolute atomic E-state index is 12.0. The number of carbonyl (C=O) groups is 1. The minimum atomic E-state index is 0.0407. The topological polar surface area (TPSA) is 75.3 Å². The number of nitrogens with one attached hydrogen (secondary N) is 1. The third kappa shape index (κ3) is 4.94. The van der Waals surface area contributed by atoms with Crippen molar-refractivity contribution >= 4 is 5.91 Å². The molecule has 0 saturated heterocycles. The van der Waals surface area contributed by atoms with Gasteiger partial charge >= 0.3 is 0 Å². The summed E-state index contributed by atoms with van der Waals surface area (Å²) in [5, 5.41) is 11.8. The second kappa shape index (κ2) is 7.74. The Hall–Kier alpha value is -0.610. The molecule has 0 aromatic rings. The van der Waals surface area contributed by atoms with Gasteiger partial charge in [0.05, 0.1) is 0 Å². The lowest BCUT2D eigenvalue weighted by molar-refractivity contribution is -0.124. The van der Waals surface area contributed by atoms with Crippen LogP contribution in [0.5, 0.6) is 0 Å². The van der Waals surface area contributed by atoms with Crippen molar-refractivity contribution < 1.29 is 9.90 Å². The summed E-state index contributed by atoms with van der Waals surface area (Å²) in [6.45, 7) is 2.79. The fourth-order valence-corrected chi connectivity index (χ4v) is 2.89. The van der Waals surface area contributed by atoms with E-state index in [4.69, 9.17) is 10.8 Å². The third-order valence-corrected chi connectivity index (χ3v) is 4.09. The van der Waals surface area contributed by atoms with Gasteiger partial charge in [0.2, 0.25) is 5.91 Å². The highest BCUT2D eigenvalue weighted by Gasteiger charge is 2.33. The van der Waals surface area contributed by atoms with Crippen molar-refractivity contribution in [3.63, 3.8) is 0 Å². The van der Waals surface area contributed by atoms with Crippen LogP contribution in [0.15, 0.2) is 0 Å². The van der Waals surface area contributed by atoms with Crippen molar-refractivity contribution in [2.45, 2.75) is 64.3 Å². The van der Waals surface area contributed by atoms with Crippen molar-refractivity contribution in [3.8, 4) is 0 Å². The number of hydrogen-bond donors (Lipinski definition) is 3.